The van der Waals surface area contributed by atoms with E-state index in [4.69, 9.17) is 9.57 Å². The van der Waals surface area contributed by atoms with Gasteiger partial charge >= 0.3 is 19.1 Å². The van der Waals surface area contributed by atoms with Crippen LogP contribution in [0.1, 0.15) is 25.8 Å². The SMILES string of the molecule is CC(C)C[C@H](NOC(=O)[C@H](Cc1ccccc1)NC(=O)N1CCOCC1)B(O)O. The highest BCUT2D eigenvalue weighted by Gasteiger charge is 2.30. The Kier molecular flexibility index (Phi) is 9.39. The van der Waals surface area contributed by atoms with E-state index in [1.165, 1.54) is 0 Å². The van der Waals surface area contributed by atoms with Crippen LogP contribution in [0.25, 0.3) is 0 Å². The fraction of sp³-hybridized carbons (Fsp3) is 0.579. The lowest BCUT2D eigenvalue weighted by atomic mass is 9.76. The van der Waals surface area contributed by atoms with Crippen LogP contribution in [0.5, 0.6) is 0 Å². The predicted molar refractivity (Wildman–Crippen MR) is 108 cm³/mol. The van der Waals surface area contributed by atoms with Gasteiger partial charge in [-0.05, 0) is 17.9 Å². The zero-order valence-corrected chi connectivity index (χ0v) is 16.9. The van der Waals surface area contributed by atoms with Gasteiger partial charge in [-0.3, -0.25) is 0 Å². The lowest BCUT2D eigenvalue weighted by Crippen LogP contribution is -2.54. The van der Waals surface area contributed by atoms with Gasteiger partial charge < -0.3 is 29.8 Å². The van der Waals surface area contributed by atoms with Crippen molar-refractivity contribution < 1.29 is 29.2 Å². The van der Waals surface area contributed by atoms with Crippen LogP contribution in [0.2, 0.25) is 0 Å². The first-order chi connectivity index (χ1) is 13.9. The third kappa shape index (κ3) is 8.02. The number of nitrogens with one attached hydrogen (secondary N) is 2. The molecule has 4 N–H and O–H groups in total. The van der Waals surface area contributed by atoms with E-state index in [9.17, 15) is 19.6 Å². The van der Waals surface area contributed by atoms with Crippen molar-refractivity contribution in [3.05, 3.63) is 35.9 Å². The van der Waals surface area contributed by atoms with Crippen LogP contribution < -0.4 is 10.8 Å². The fourth-order valence-electron chi connectivity index (χ4n) is 2.99. The molecule has 0 bridgehead atoms. The number of amides is 2. The van der Waals surface area contributed by atoms with Crippen LogP contribution in [0.3, 0.4) is 0 Å². The first-order valence-electron chi connectivity index (χ1n) is 9.86. The Balaban J connectivity index is 2.02. The second-order valence-corrected chi connectivity index (χ2v) is 7.48. The molecule has 1 fully saturated rings. The highest BCUT2D eigenvalue weighted by Crippen LogP contribution is 2.08. The Hall–Kier alpha value is -2.14. The first kappa shape index (κ1) is 23.1. The molecule has 1 heterocycles. The summed E-state index contributed by atoms with van der Waals surface area (Å²) in [6.07, 6.45) is 0.641. The molecule has 2 amide bonds. The van der Waals surface area contributed by atoms with Crippen molar-refractivity contribution in [1.29, 1.82) is 0 Å². The third-order valence-electron chi connectivity index (χ3n) is 4.56. The first-order valence-corrected chi connectivity index (χ1v) is 9.86. The summed E-state index contributed by atoms with van der Waals surface area (Å²) in [5, 5.41) is 21.7. The number of benzene rings is 1. The summed E-state index contributed by atoms with van der Waals surface area (Å²) in [4.78, 5) is 31.9. The summed E-state index contributed by atoms with van der Waals surface area (Å²) in [7, 11) is -1.68. The van der Waals surface area contributed by atoms with Crippen molar-refractivity contribution in [2.24, 2.45) is 5.92 Å². The smallest absolute Gasteiger partial charge is 0.426 e. The van der Waals surface area contributed by atoms with E-state index in [1.54, 1.807) is 4.90 Å². The Morgan fingerprint density at radius 1 is 1.21 bits per heavy atom. The van der Waals surface area contributed by atoms with Gasteiger partial charge in [-0.1, -0.05) is 44.2 Å². The molecule has 0 unspecified atom stereocenters. The molecule has 1 saturated heterocycles. The summed E-state index contributed by atoms with van der Waals surface area (Å²) in [5.74, 6) is -1.37. The van der Waals surface area contributed by atoms with Gasteiger partial charge in [0.15, 0.2) is 0 Å². The van der Waals surface area contributed by atoms with Gasteiger partial charge in [0.05, 0.1) is 19.2 Å². The van der Waals surface area contributed by atoms with Crippen molar-refractivity contribution in [2.75, 3.05) is 26.3 Å². The number of rotatable bonds is 9. The van der Waals surface area contributed by atoms with Crippen molar-refractivity contribution >= 4 is 19.1 Å². The monoisotopic (exact) mass is 407 g/mol. The molecular formula is C19H30BN3O6. The average molecular weight is 407 g/mol. The normalized spacial score (nSPS) is 16.2. The fourth-order valence-corrected chi connectivity index (χ4v) is 2.99. The van der Waals surface area contributed by atoms with Gasteiger partial charge in [0, 0.05) is 19.5 Å². The number of hydrogen-bond donors (Lipinski definition) is 4. The Labute approximate surface area is 171 Å². The summed E-state index contributed by atoms with van der Waals surface area (Å²) in [5.41, 5.74) is 3.29. The van der Waals surface area contributed by atoms with Gasteiger partial charge in [-0.25, -0.2) is 9.59 Å². The summed E-state index contributed by atoms with van der Waals surface area (Å²) >= 11 is 0. The van der Waals surface area contributed by atoms with Crippen LogP contribution in [0.4, 0.5) is 4.79 Å². The third-order valence-corrected chi connectivity index (χ3v) is 4.56. The Bertz CT molecular complexity index is 640. The number of ether oxygens (including phenoxy) is 1. The van der Waals surface area contributed by atoms with Crippen LogP contribution in [0, 0.1) is 5.92 Å². The van der Waals surface area contributed by atoms with Crippen LogP contribution in [-0.4, -0.2) is 72.4 Å². The summed E-state index contributed by atoms with van der Waals surface area (Å²) < 4.78 is 5.25. The molecule has 2 rings (SSSR count). The van der Waals surface area contributed by atoms with Crippen LogP contribution in [0.15, 0.2) is 30.3 Å². The minimum Gasteiger partial charge on any atom is -0.426 e. The van der Waals surface area contributed by atoms with E-state index >= 15 is 0 Å². The van der Waals surface area contributed by atoms with Crippen LogP contribution in [-0.2, 0) is 20.8 Å². The second kappa shape index (κ2) is 11.8. The van der Waals surface area contributed by atoms with Crippen molar-refractivity contribution in [3.8, 4) is 0 Å². The summed E-state index contributed by atoms with van der Waals surface area (Å²) in [6.45, 7) is 5.64. The zero-order chi connectivity index (χ0) is 21.2. The molecule has 0 spiro atoms. The number of carbonyl (C=O) groups excluding carboxylic acids is 2. The minimum atomic E-state index is -1.68. The van der Waals surface area contributed by atoms with E-state index in [0.29, 0.717) is 32.7 Å². The van der Waals surface area contributed by atoms with E-state index < -0.39 is 25.1 Å². The van der Waals surface area contributed by atoms with Gasteiger partial charge in [0.1, 0.15) is 6.04 Å². The van der Waals surface area contributed by atoms with E-state index in [0.717, 1.165) is 5.56 Å². The Morgan fingerprint density at radius 3 is 2.45 bits per heavy atom. The van der Waals surface area contributed by atoms with E-state index in [-0.39, 0.29) is 18.4 Å². The molecule has 160 valence electrons. The van der Waals surface area contributed by atoms with E-state index in [2.05, 4.69) is 10.8 Å². The molecule has 9 nitrogen and oxygen atoms in total. The lowest BCUT2D eigenvalue weighted by Gasteiger charge is -2.29. The zero-order valence-electron chi connectivity index (χ0n) is 16.9. The number of hydroxylamine groups is 1. The molecule has 0 aliphatic carbocycles. The molecule has 10 heteroatoms. The minimum absolute atomic E-state index is 0.161. The highest BCUT2D eigenvalue weighted by atomic mass is 16.7. The summed E-state index contributed by atoms with van der Waals surface area (Å²) in [6, 6.07) is 7.97. The molecule has 2 atom stereocenters. The number of urea groups is 1. The van der Waals surface area contributed by atoms with Crippen molar-refractivity contribution in [2.45, 2.75) is 38.7 Å². The molecule has 0 saturated carbocycles. The second-order valence-electron chi connectivity index (χ2n) is 7.48. The number of morpholine rings is 1. The van der Waals surface area contributed by atoms with Crippen molar-refractivity contribution in [1.82, 2.24) is 15.7 Å². The van der Waals surface area contributed by atoms with Gasteiger partial charge in [0.2, 0.25) is 0 Å². The molecule has 0 aromatic heterocycles. The molecule has 1 aromatic carbocycles. The predicted octanol–water partition coefficient (Wildman–Crippen LogP) is 0.114. The number of hydrogen-bond acceptors (Lipinski definition) is 7. The van der Waals surface area contributed by atoms with Crippen LogP contribution >= 0.6 is 0 Å². The maximum Gasteiger partial charge on any atom is 0.473 e. The quantitative estimate of drug-likeness (QED) is 0.339. The highest BCUT2D eigenvalue weighted by molar-refractivity contribution is 6.43. The standard InChI is InChI=1S/C19H30BN3O6/c1-14(2)12-17(20(26)27)22-29-18(24)16(13-15-6-4-3-5-7-15)21-19(25)23-8-10-28-11-9-23/h3-7,14,16-17,22,26-27H,8-13H2,1-2H3,(H,21,25)/t16-,17-/m0/s1. The number of nitrogens with zero attached hydrogens (tertiary/aromatic N) is 1. The topological polar surface area (TPSA) is 120 Å². The van der Waals surface area contributed by atoms with Crippen molar-refractivity contribution in [3.63, 3.8) is 0 Å². The molecule has 29 heavy (non-hydrogen) atoms. The average Bonchev–Trinajstić information content (AvgIpc) is 2.71. The lowest BCUT2D eigenvalue weighted by molar-refractivity contribution is -0.154. The molecule has 1 aromatic rings. The van der Waals surface area contributed by atoms with Gasteiger partial charge in [-0.2, -0.15) is 5.48 Å². The largest absolute Gasteiger partial charge is 0.473 e. The Morgan fingerprint density at radius 2 is 1.86 bits per heavy atom. The van der Waals surface area contributed by atoms with Gasteiger partial charge in [0.25, 0.3) is 0 Å². The maximum atomic E-state index is 12.7. The molecule has 1 aliphatic rings. The van der Waals surface area contributed by atoms with Gasteiger partial charge in [-0.15, -0.1) is 0 Å². The molecular weight excluding hydrogens is 377 g/mol. The number of carbonyl (C=O) groups is 2. The maximum absolute atomic E-state index is 12.7. The van der Waals surface area contributed by atoms with E-state index in [1.807, 2.05) is 44.2 Å². The molecule has 1 aliphatic heterocycles. The molecule has 0 radical (unpaired) electrons.